The summed E-state index contributed by atoms with van der Waals surface area (Å²) in [6, 6.07) is 14.1. The van der Waals surface area contributed by atoms with Crippen LogP contribution in [0.25, 0.3) is 16.6 Å². The predicted octanol–water partition coefficient (Wildman–Crippen LogP) is 4.39. The number of benzene rings is 2. The molecule has 0 fully saturated rings. The van der Waals surface area contributed by atoms with E-state index in [9.17, 15) is 22.8 Å². The molecule has 0 saturated carbocycles. The number of halogens is 4. The molecule has 4 rings (SSSR count). The summed E-state index contributed by atoms with van der Waals surface area (Å²) in [4.78, 5) is 24.9. The molecule has 2 aromatic heterocycles. The Morgan fingerprint density at radius 3 is 2.46 bits per heavy atom. The van der Waals surface area contributed by atoms with Crippen molar-refractivity contribution in [3.63, 3.8) is 0 Å². The molecule has 0 spiro atoms. The van der Waals surface area contributed by atoms with Crippen LogP contribution in [0.1, 0.15) is 24.0 Å². The van der Waals surface area contributed by atoms with Gasteiger partial charge in [-0.25, -0.2) is 9.36 Å². The molecular formula is C24H21ClF3N5O2. The number of alkyl halides is 3. The zero-order chi connectivity index (χ0) is 25.0. The molecule has 7 nitrogen and oxygen atoms in total. The van der Waals surface area contributed by atoms with Crippen LogP contribution in [0.3, 0.4) is 0 Å². The third-order valence-electron chi connectivity index (χ3n) is 5.42. The topological polar surface area (TPSA) is 81.8 Å². The maximum Gasteiger partial charge on any atom is 0.416 e. The lowest BCUT2D eigenvalue weighted by Gasteiger charge is -2.08. The molecule has 1 amide bonds. The van der Waals surface area contributed by atoms with Crippen molar-refractivity contribution >= 4 is 28.4 Å². The zero-order valence-electron chi connectivity index (χ0n) is 18.4. The van der Waals surface area contributed by atoms with Gasteiger partial charge < -0.3 is 5.32 Å². The molecule has 0 aliphatic heterocycles. The van der Waals surface area contributed by atoms with Gasteiger partial charge in [-0.05, 0) is 42.7 Å². The summed E-state index contributed by atoms with van der Waals surface area (Å²) in [7, 11) is 0. The van der Waals surface area contributed by atoms with E-state index in [1.54, 1.807) is 0 Å². The fourth-order valence-corrected chi connectivity index (χ4v) is 3.85. The molecule has 1 N–H and O–H groups in total. The van der Waals surface area contributed by atoms with E-state index in [0.29, 0.717) is 13.0 Å². The summed E-state index contributed by atoms with van der Waals surface area (Å²) in [5, 5.41) is 11.5. The van der Waals surface area contributed by atoms with Gasteiger partial charge in [0.2, 0.25) is 5.91 Å². The van der Waals surface area contributed by atoms with Crippen molar-refractivity contribution in [3.8, 4) is 5.69 Å². The van der Waals surface area contributed by atoms with Crippen LogP contribution in [0.2, 0.25) is 5.15 Å². The molecule has 0 aliphatic carbocycles. The molecule has 2 aromatic carbocycles. The van der Waals surface area contributed by atoms with E-state index in [-0.39, 0.29) is 40.6 Å². The minimum Gasteiger partial charge on any atom is -0.356 e. The summed E-state index contributed by atoms with van der Waals surface area (Å²) >= 11 is 6.32. The fraction of sp³-hybridized carbons (Fsp3) is 0.250. The molecule has 0 aliphatic rings. The van der Waals surface area contributed by atoms with Crippen LogP contribution in [-0.4, -0.2) is 32.0 Å². The highest BCUT2D eigenvalue weighted by molar-refractivity contribution is 6.34. The van der Waals surface area contributed by atoms with Gasteiger partial charge in [-0.2, -0.15) is 23.4 Å². The lowest BCUT2D eigenvalue weighted by atomic mass is 10.1. The number of rotatable bonds is 8. The van der Waals surface area contributed by atoms with E-state index in [2.05, 4.69) is 15.5 Å². The molecule has 0 saturated heterocycles. The standard InChI is InChI=1S/C24H21ClF3N5O2/c25-22-19-15-30-32(14-4-7-20(34)29-13-12-16-5-2-1-3-6-16)23(35)21(19)31-33(22)18-10-8-17(9-11-18)24(26,27)28/h1-3,5-6,8-11,15H,4,7,12-14H2,(H,29,34). The van der Waals surface area contributed by atoms with Crippen molar-refractivity contribution in [2.75, 3.05) is 6.54 Å². The number of nitrogens with one attached hydrogen (secondary N) is 1. The average molecular weight is 504 g/mol. The molecule has 0 unspecified atom stereocenters. The molecule has 4 aromatic rings. The fourth-order valence-electron chi connectivity index (χ4n) is 3.57. The van der Waals surface area contributed by atoms with Crippen molar-refractivity contribution in [2.24, 2.45) is 0 Å². The Balaban J connectivity index is 1.39. The van der Waals surface area contributed by atoms with Crippen LogP contribution in [-0.2, 0) is 23.9 Å². The highest BCUT2D eigenvalue weighted by Crippen LogP contribution is 2.30. The SMILES string of the molecule is O=C(CCCn1ncc2c(Cl)n(-c3ccc(C(F)(F)F)cc3)nc2c1=O)NCCc1ccccc1. The average Bonchev–Trinajstić information content (AvgIpc) is 3.18. The number of hydrogen-bond donors (Lipinski definition) is 1. The highest BCUT2D eigenvalue weighted by Gasteiger charge is 2.30. The number of amides is 1. The molecule has 11 heteroatoms. The number of carbonyl (C=O) groups is 1. The summed E-state index contributed by atoms with van der Waals surface area (Å²) < 4.78 is 40.9. The lowest BCUT2D eigenvalue weighted by molar-refractivity contribution is -0.137. The smallest absolute Gasteiger partial charge is 0.356 e. The summed E-state index contributed by atoms with van der Waals surface area (Å²) in [5.74, 6) is -0.121. The zero-order valence-corrected chi connectivity index (χ0v) is 19.2. The second kappa shape index (κ2) is 10.3. The maximum atomic E-state index is 12.8. The lowest BCUT2D eigenvalue weighted by Crippen LogP contribution is -2.27. The first-order chi connectivity index (χ1) is 16.7. The minimum atomic E-state index is -4.46. The first-order valence-corrected chi connectivity index (χ1v) is 11.2. The molecule has 182 valence electrons. The number of hydrogen-bond acceptors (Lipinski definition) is 4. The van der Waals surface area contributed by atoms with Crippen LogP contribution in [0, 0.1) is 0 Å². The number of fused-ring (bicyclic) bond motifs is 1. The van der Waals surface area contributed by atoms with Crippen molar-refractivity contribution in [2.45, 2.75) is 32.0 Å². The second-order valence-corrected chi connectivity index (χ2v) is 8.23. The third kappa shape index (κ3) is 5.71. The van der Waals surface area contributed by atoms with Crippen molar-refractivity contribution in [1.82, 2.24) is 24.9 Å². The molecular weight excluding hydrogens is 483 g/mol. The highest BCUT2D eigenvalue weighted by atomic mass is 35.5. The minimum absolute atomic E-state index is 0.0391. The van der Waals surface area contributed by atoms with E-state index in [0.717, 1.165) is 24.1 Å². The van der Waals surface area contributed by atoms with Gasteiger partial charge in [0.25, 0.3) is 5.56 Å². The van der Waals surface area contributed by atoms with Gasteiger partial charge in [0.15, 0.2) is 5.52 Å². The Morgan fingerprint density at radius 1 is 1.06 bits per heavy atom. The summed E-state index contributed by atoms with van der Waals surface area (Å²) in [5.41, 5.74) is 0.141. The number of nitrogens with zero attached hydrogens (tertiary/aromatic N) is 4. The van der Waals surface area contributed by atoms with Gasteiger partial charge in [-0.1, -0.05) is 41.9 Å². The van der Waals surface area contributed by atoms with E-state index >= 15 is 0 Å². The predicted molar refractivity (Wildman–Crippen MR) is 126 cm³/mol. The van der Waals surface area contributed by atoms with Crippen molar-refractivity contribution in [1.29, 1.82) is 0 Å². The van der Waals surface area contributed by atoms with Gasteiger partial charge >= 0.3 is 6.18 Å². The van der Waals surface area contributed by atoms with E-state index in [4.69, 9.17) is 11.6 Å². The van der Waals surface area contributed by atoms with Crippen molar-refractivity contribution in [3.05, 3.63) is 87.4 Å². The summed E-state index contributed by atoms with van der Waals surface area (Å²) in [6.45, 7) is 0.721. The maximum absolute atomic E-state index is 12.8. The normalized spacial score (nSPS) is 11.7. The Hall–Kier alpha value is -3.66. The Labute approximate surface area is 203 Å². The van der Waals surface area contributed by atoms with Crippen LogP contribution in [0.4, 0.5) is 13.2 Å². The number of aryl methyl sites for hydroxylation is 1. The van der Waals surface area contributed by atoms with E-state index in [1.807, 2.05) is 30.3 Å². The molecule has 0 bridgehead atoms. The third-order valence-corrected chi connectivity index (χ3v) is 5.78. The van der Waals surface area contributed by atoms with Crippen molar-refractivity contribution < 1.29 is 18.0 Å². The van der Waals surface area contributed by atoms with Crippen LogP contribution < -0.4 is 10.9 Å². The number of aromatic nitrogens is 4. The van der Waals surface area contributed by atoms with Gasteiger partial charge in [0.1, 0.15) is 5.15 Å². The number of carbonyl (C=O) groups excluding carboxylic acids is 1. The van der Waals surface area contributed by atoms with Crippen LogP contribution in [0.5, 0.6) is 0 Å². The first-order valence-electron chi connectivity index (χ1n) is 10.9. The van der Waals surface area contributed by atoms with Gasteiger partial charge in [-0.15, -0.1) is 0 Å². The van der Waals surface area contributed by atoms with Gasteiger partial charge in [-0.3, -0.25) is 9.59 Å². The van der Waals surface area contributed by atoms with Gasteiger partial charge in [0, 0.05) is 19.5 Å². The summed E-state index contributed by atoms with van der Waals surface area (Å²) in [6.07, 6.45) is -1.74. The van der Waals surface area contributed by atoms with Gasteiger partial charge in [0.05, 0.1) is 22.8 Å². The second-order valence-electron chi connectivity index (χ2n) is 7.87. The molecule has 2 heterocycles. The van der Waals surface area contributed by atoms with Crippen LogP contribution >= 0.6 is 11.6 Å². The Morgan fingerprint density at radius 2 is 1.77 bits per heavy atom. The molecule has 0 radical (unpaired) electrons. The monoisotopic (exact) mass is 503 g/mol. The van der Waals surface area contributed by atoms with Crippen LogP contribution in [0.15, 0.2) is 65.6 Å². The quantitative estimate of drug-likeness (QED) is 0.386. The van der Waals surface area contributed by atoms with E-state index in [1.165, 1.54) is 27.7 Å². The first kappa shape index (κ1) is 24.5. The van der Waals surface area contributed by atoms with E-state index < -0.39 is 17.3 Å². The largest absolute Gasteiger partial charge is 0.416 e. The molecule has 35 heavy (non-hydrogen) atoms. The Bertz CT molecular complexity index is 1380. The Kier molecular flexibility index (Phi) is 7.20. The molecule has 0 atom stereocenters.